The van der Waals surface area contributed by atoms with E-state index in [4.69, 9.17) is 10.00 Å². The first-order valence-electron chi connectivity index (χ1n) is 12.3. The number of hydrogen-bond acceptors (Lipinski definition) is 2. The first-order valence-corrected chi connectivity index (χ1v) is 12.3. The Morgan fingerprint density at radius 1 is 1.06 bits per heavy atom. The summed E-state index contributed by atoms with van der Waals surface area (Å²) in [4.78, 5) is 0. The molecule has 0 atom stereocenters. The summed E-state index contributed by atoms with van der Waals surface area (Å²) in [5.41, 5.74) is 3.00. The van der Waals surface area contributed by atoms with Gasteiger partial charge < -0.3 is 4.74 Å². The van der Waals surface area contributed by atoms with Crippen LogP contribution in [0.25, 0.3) is 0 Å². The van der Waals surface area contributed by atoms with E-state index in [1.54, 1.807) is 6.08 Å². The highest BCUT2D eigenvalue weighted by atomic mass is 19.1. The zero-order chi connectivity index (χ0) is 21.9. The molecule has 2 aliphatic carbocycles. The fourth-order valence-corrected chi connectivity index (χ4v) is 5.05. The molecule has 0 spiro atoms. The number of benzene rings is 1. The van der Waals surface area contributed by atoms with E-state index < -0.39 is 5.83 Å². The molecule has 2 saturated carbocycles. The van der Waals surface area contributed by atoms with Crippen LogP contribution in [0.3, 0.4) is 0 Å². The Hall–Kier alpha value is -1.92. The van der Waals surface area contributed by atoms with E-state index in [0.717, 1.165) is 38.2 Å². The number of halogens is 1. The SMILES string of the molecule is CCCCc1ccc([C@H]2CC[C@H](CO[C@H]3CC[C@H](C=CC=C(F)C#N)CC3)CC2)cc1. The highest BCUT2D eigenvalue weighted by Gasteiger charge is 2.25. The number of rotatable bonds is 9. The Morgan fingerprint density at radius 2 is 1.77 bits per heavy atom. The fraction of sp³-hybridized carbons (Fsp3) is 0.607. The number of hydrogen-bond donors (Lipinski definition) is 0. The highest BCUT2D eigenvalue weighted by Crippen LogP contribution is 2.37. The van der Waals surface area contributed by atoms with Crippen LogP contribution < -0.4 is 0 Å². The van der Waals surface area contributed by atoms with Gasteiger partial charge in [0.15, 0.2) is 5.83 Å². The minimum atomic E-state index is -0.730. The summed E-state index contributed by atoms with van der Waals surface area (Å²) < 4.78 is 19.1. The lowest BCUT2D eigenvalue weighted by molar-refractivity contribution is -0.00456. The summed E-state index contributed by atoms with van der Waals surface area (Å²) in [6.45, 7) is 3.16. The first kappa shape index (κ1) is 23.7. The van der Waals surface area contributed by atoms with Gasteiger partial charge in [-0.15, -0.1) is 0 Å². The number of nitriles is 1. The molecule has 0 amide bonds. The number of unbranched alkanes of at least 4 members (excludes halogenated alkanes) is 1. The van der Waals surface area contributed by atoms with E-state index >= 15 is 0 Å². The van der Waals surface area contributed by atoms with E-state index in [1.165, 1.54) is 68.2 Å². The quantitative estimate of drug-likeness (QED) is 0.300. The zero-order valence-corrected chi connectivity index (χ0v) is 19.1. The van der Waals surface area contributed by atoms with Crippen molar-refractivity contribution in [2.45, 2.75) is 89.6 Å². The molecule has 2 fully saturated rings. The lowest BCUT2D eigenvalue weighted by Gasteiger charge is -2.32. The Labute approximate surface area is 188 Å². The topological polar surface area (TPSA) is 33.0 Å². The van der Waals surface area contributed by atoms with E-state index in [-0.39, 0.29) is 0 Å². The van der Waals surface area contributed by atoms with Crippen molar-refractivity contribution in [1.29, 1.82) is 5.26 Å². The van der Waals surface area contributed by atoms with Gasteiger partial charge in [-0.05, 0) is 99.2 Å². The van der Waals surface area contributed by atoms with Gasteiger partial charge in [-0.3, -0.25) is 0 Å². The third kappa shape index (κ3) is 7.93. The molecule has 0 bridgehead atoms. The lowest BCUT2D eigenvalue weighted by Crippen LogP contribution is -2.25. The summed E-state index contributed by atoms with van der Waals surface area (Å²) in [5, 5.41) is 8.44. The predicted molar refractivity (Wildman–Crippen MR) is 125 cm³/mol. The predicted octanol–water partition coefficient (Wildman–Crippen LogP) is 7.81. The average Bonchev–Trinajstić information content (AvgIpc) is 2.83. The van der Waals surface area contributed by atoms with Crippen molar-refractivity contribution in [2.75, 3.05) is 6.61 Å². The number of ether oxygens (including phenoxy) is 1. The summed E-state index contributed by atoms with van der Waals surface area (Å²) in [6, 6.07) is 10.9. The smallest absolute Gasteiger partial charge is 0.199 e. The number of nitrogens with zero attached hydrogens (tertiary/aromatic N) is 1. The molecule has 0 N–H and O–H groups in total. The lowest BCUT2D eigenvalue weighted by atomic mass is 9.78. The second kappa shape index (κ2) is 12.8. The van der Waals surface area contributed by atoms with Crippen LogP contribution in [-0.4, -0.2) is 12.7 Å². The van der Waals surface area contributed by atoms with E-state index in [2.05, 4.69) is 31.2 Å². The van der Waals surface area contributed by atoms with E-state index in [9.17, 15) is 4.39 Å². The standard InChI is InChI=1S/C28H38FNO/c1-2-3-5-22-8-14-25(15-9-22)26-16-10-24(11-17-26)21-31-28-18-12-23(13-19-28)6-4-7-27(29)20-30/h4,6-9,14-15,23-24,26,28H,2-3,5,10-13,16-19,21H2,1H3/t23-,24-,26-,28-. The van der Waals surface area contributed by atoms with Gasteiger partial charge in [0.2, 0.25) is 0 Å². The highest BCUT2D eigenvalue weighted by molar-refractivity contribution is 5.26. The molecular weight excluding hydrogens is 385 g/mol. The molecule has 0 radical (unpaired) electrons. The van der Waals surface area contributed by atoms with Crippen molar-refractivity contribution in [3.05, 3.63) is 59.4 Å². The van der Waals surface area contributed by atoms with Crippen molar-refractivity contribution in [3.8, 4) is 6.07 Å². The molecule has 3 heteroatoms. The number of aryl methyl sites for hydroxylation is 1. The molecule has 31 heavy (non-hydrogen) atoms. The fourth-order valence-electron chi connectivity index (χ4n) is 5.05. The van der Waals surface area contributed by atoms with Crippen LogP contribution in [0.4, 0.5) is 4.39 Å². The second-order valence-electron chi connectivity index (χ2n) is 9.44. The van der Waals surface area contributed by atoms with Crippen molar-refractivity contribution >= 4 is 0 Å². The van der Waals surface area contributed by atoms with Crippen LogP contribution in [0.15, 0.2) is 48.3 Å². The molecule has 0 saturated heterocycles. The molecule has 1 aromatic carbocycles. The summed E-state index contributed by atoms with van der Waals surface area (Å²) in [7, 11) is 0. The molecule has 2 nitrogen and oxygen atoms in total. The minimum absolute atomic E-state index is 0.379. The van der Waals surface area contributed by atoms with Crippen molar-refractivity contribution < 1.29 is 9.13 Å². The molecule has 2 aliphatic rings. The largest absolute Gasteiger partial charge is 0.378 e. The summed E-state index contributed by atoms with van der Waals surface area (Å²) in [6.07, 6.45) is 18.5. The monoisotopic (exact) mass is 423 g/mol. The van der Waals surface area contributed by atoms with Gasteiger partial charge in [0.25, 0.3) is 0 Å². The van der Waals surface area contributed by atoms with Gasteiger partial charge in [-0.25, -0.2) is 0 Å². The second-order valence-corrected chi connectivity index (χ2v) is 9.44. The molecule has 0 heterocycles. The van der Waals surface area contributed by atoms with Crippen molar-refractivity contribution in [2.24, 2.45) is 11.8 Å². The zero-order valence-electron chi connectivity index (χ0n) is 19.1. The van der Waals surface area contributed by atoms with Gasteiger partial charge in [-0.1, -0.05) is 49.8 Å². The average molecular weight is 424 g/mol. The molecule has 0 unspecified atom stereocenters. The van der Waals surface area contributed by atoms with Crippen LogP contribution in [0.5, 0.6) is 0 Å². The van der Waals surface area contributed by atoms with Crippen molar-refractivity contribution in [1.82, 2.24) is 0 Å². The molecule has 3 rings (SSSR count). The summed E-state index contributed by atoms with van der Waals surface area (Å²) in [5.74, 6) is 1.17. The molecule has 0 aliphatic heterocycles. The Kier molecular flexibility index (Phi) is 9.82. The van der Waals surface area contributed by atoms with E-state index in [1.807, 2.05) is 6.08 Å². The van der Waals surface area contributed by atoms with Gasteiger partial charge in [-0.2, -0.15) is 9.65 Å². The van der Waals surface area contributed by atoms with Crippen LogP contribution in [0.2, 0.25) is 0 Å². The van der Waals surface area contributed by atoms with Crippen LogP contribution in [0, 0.1) is 23.2 Å². The summed E-state index contributed by atoms with van der Waals surface area (Å²) >= 11 is 0. The maximum Gasteiger partial charge on any atom is 0.199 e. The number of allylic oxidation sites excluding steroid dienone is 4. The molecular formula is C28H38FNO. The third-order valence-corrected chi connectivity index (χ3v) is 7.14. The first-order chi connectivity index (χ1) is 15.2. The maximum absolute atomic E-state index is 12.8. The Bertz CT molecular complexity index is 744. The third-order valence-electron chi connectivity index (χ3n) is 7.14. The van der Waals surface area contributed by atoms with Crippen LogP contribution in [0.1, 0.15) is 88.2 Å². The van der Waals surface area contributed by atoms with E-state index in [0.29, 0.717) is 17.9 Å². The maximum atomic E-state index is 12.8. The molecule has 0 aromatic heterocycles. The van der Waals surface area contributed by atoms with Gasteiger partial charge in [0.05, 0.1) is 6.10 Å². The molecule has 168 valence electrons. The van der Waals surface area contributed by atoms with Crippen LogP contribution in [-0.2, 0) is 11.2 Å². The van der Waals surface area contributed by atoms with Crippen LogP contribution >= 0.6 is 0 Å². The minimum Gasteiger partial charge on any atom is -0.378 e. The van der Waals surface area contributed by atoms with Gasteiger partial charge in [0.1, 0.15) is 6.07 Å². The van der Waals surface area contributed by atoms with Gasteiger partial charge >= 0.3 is 0 Å². The normalized spacial score (nSPS) is 27.3. The Morgan fingerprint density at radius 3 is 2.42 bits per heavy atom. The Balaban J connectivity index is 1.32. The van der Waals surface area contributed by atoms with Crippen molar-refractivity contribution in [3.63, 3.8) is 0 Å². The molecule has 1 aromatic rings. The van der Waals surface area contributed by atoms with Gasteiger partial charge in [0, 0.05) is 6.61 Å².